The fourth-order valence-corrected chi connectivity index (χ4v) is 0.455. The summed E-state index contributed by atoms with van der Waals surface area (Å²) in [5.41, 5.74) is 0. The summed E-state index contributed by atoms with van der Waals surface area (Å²) in [6.07, 6.45) is 3.15. The summed E-state index contributed by atoms with van der Waals surface area (Å²) in [5.74, 6) is 0.157. The number of ketones is 1. The molecule has 0 aliphatic heterocycles. The number of hydrogen-bond acceptors (Lipinski definition) is 2. The maximum atomic E-state index is 10.6. The average Bonchev–Trinajstić information content (AvgIpc) is 1.98. The number of ether oxygens (including phenoxy) is 1. The predicted molar refractivity (Wildman–Crippen MR) is 40.9 cm³/mol. The van der Waals surface area contributed by atoms with Crippen molar-refractivity contribution in [1.29, 1.82) is 0 Å². The lowest BCUT2D eigenvalue weighted by Crippen LogP contribution is -2.07. The normalized spacial score (nSPS) is 9.30. The Kier molecular flexibility index (Phi) is 6.08. The third-order valence-electron chi connectivity index (χ3n) is 1.12. The zero-order valence-electron chi connectivity index (χ0n) is 6.43. The molecule has 0 aliphatic rings. The van der Waals surface area contributed by atoms with Gasteiger partial charge in [0.2, 0.25) is 0 Å². The summed E-state index contributed by atoms with van der Waals surface area (Å²) in [6, 6.07) is 0. The van der Waals surface area contributed by atoms with E-state index in [9.17, 15) is 4.79 Å². The van der Waals surface area contributed by atoms with E-state index in [1.807, 2.05) is 6.92 Å². The topological polar surface area (TPSA) is 26.3 Å². The van der Waals surface area contributed by atoms with Crippen LogP contribution in [0.1, 0.15) is 19.8 Å². The molecule has 0 amide bonds. The second kappa shape index (κ2) is 6.49. The minimum atomic E-state index is 0.157. The summed E-state index contributed by atoms with van der Waals surface area (Å²) in [6.45, 7) is 6.23. The molecule has 0 saturated heterocycles. The molecule has 0 atom stereocenters. The maximum absolute atomic E-state index is 10.6. The molecule has 0 heterocycles. The lowest BCUT2D eigenvalue weighted by Gasteiger charge is -1.98. The molecule has 0 radical (unpaired) electrons. The van der Waals surface area contributed by atoms with Gasteiger partial charge in [0.15, 0.2) is 5.78 Å². The van der Waals surface area contributed by atoms with Gasteiger partial charge in [0.25, 0.3) is 0 Å². The van der Waals surface area contributed by atoms with E-state index >= 15 is 0 Å². The molecule has 0 bridgehead atoms. The van der Waals surface area contributed by atoms with Crippen LogP contribution in [0.2, 0.25) is 0 Å². The molecule has 2 heteroatoms. The van der Waals surface area contributed by atoms with E-state index in [2.05, 4.69) is 6.58 Å². The Morgan fingerprint density at radius 1 is 1.70 bits per heavy atom. The van der Waals surface area contributed by atoms with Crippen molar-refractivity contribution in [3.63, 3.8) is 0 Å². The Labute approximate surface area is 61.9 Å². The molecule has 0 rings (SSSR count). The van der Waals surface area contributed by atoms with Crippen LogP contribution in [-0.4, -0.2) is 19.0 Å². The van der Waals surface area contributed by atoms with Crippen molar-refractivity contribution >= 4 is 5.78 Å². The highest BCUT2D eigenvalue weighted by Crippen LogP contribution is 1.86. The SMILES string of the molecule is C=CCCOCC(=O)CC. The van der Waals surface area contributed by atoms with Gasteiger partial charge in [-0.3, -0.25) is 4.79 Å². The first-order chi connectivity index (χ1) is 4.81. The van der Waals surface area contributed by atoms with Gasteiger partial charge in [-0.25, -0.2) is 0 Å². The van der Waals surface area contributed by atoms with Crippen molar-refractivity contribution < 1.29 is 9.53 Å². The van der Waals surface area contributed by atoms with Crippen LogP contribution >= 0.6 is 0 Å². The standard InChI is InChI=1S/C8H14O2/c1-3-5-6-10-7-8(9)4-2/h3H,1,4-7H2,2H3. The van der Waals surface area contributed by atoms with Gasteiger partial charge in [0.05, 0.1) is 6.61 Å². The van der Waals surface area contributed by atoms with Gasteiger partial charge in [-0.2, -0.15) is 0 Å². The van der Waals surface area contributed by atoms with E-state index in [4.69, 9.17) is 4.74 Å². The van der Waals surface area contributed by atoms with E-state index in [-0.39, 0.29) is 12.4 Å². The zero-order chi connectivity index (χ0) is 7.82. The molecule has 0 aliphatic carbocycles. The fourth-order valence-electron chi connectivity index (χ4n) is 0.455. The van der Waals surface area contributed by atoms with E-state index in [1.54, 1.807) is 6.08 Å². The lowest BCUT2D eigenvalue weighted by molar-refractivity contribution is -0.123. The number of carbonyl (C=O) groups is 1. The largest absolute Gasteiger partial charge is 0.373 e. The molecule has 0 aromatic heterocycles. The Morgan fingerprint density at radius 3 is 2.90 bits per heavy atom. The molecule has 10 heavy (non-hydrogen) atoms. The first-order valence-electron chi connectivity index (χ1n) is 3.51. The first-order valence-corrected chi connectivity index (χ1v) is 3.51. The van der Waals surface area contributed by atoms with Crippen LogP contribution < -0.4 is 0 Å². The molecule has 0 aromatic carbocycles. The van der Waals surface area contributed by atoms with Crippen LogP contribution in [0.25, 0.3) is 0 Å². The minimum absolute atomic E-state index is 0.157. The van der Waals surface area contributed by atoms with Crippen LogP contribution in [0, 0.1) is 0 Å². The molecule has 2 nitrogen and oxygen atoms in total. The molecular weight excluding hydrogens is 128 g/mol. The third kappa shape index (κ3) is 5.51. The van der Waals surface area contributed by atoms with E-state index < -0.39 is 0 Å². The predicted octanol–water partition coefficient (Wildman–Crippen LogP) is 1.56. The summed E-state index contributed by atoms with van der Waals surface area (Å²) in [4.78, 5) is 10.6. The van der Waals surface area contributed by atoms with Crippen LogP contribution in [-0.2, 0) is 9.53 Å². The number of Topliss-reactive ketones (excluding diaryl/α,β-unsaturated/α-hetero) is 1. The molecule has 0 N–H and O–H groups in total. The number of hydrogen-bond donors (Lipinski definition) is 0. The number of carbonyl (C=O) groups excluding carboxylic acids is 1. The Bertz CT molecular complexity index is 108. The van der Waals surface area contributed by atoms with Crippen molar-refractivity contribution in [3.05, 3.63) is 12.7 Å². The average molecular weight is 142 g/mol. The second-order valence-electron chi connectivity index (χ2n) is 2.02. The number of rotatable bonds is 6. The van der Waals surface area contributed by atoms with Crippen LogP contribution in [0.5, 0.6) is 0 Å². The van der Waals surface area contributed by atoms with Crippen molar-refractivity contribution in [2.75, 3.05) is 13.2 Å². The summed E-state index contributed by atoms with van der Waals surface area (Å²) in [5, 5.41) is 0. The van der Waals surface area contributed by atoms with Gasteiger partial charge < -0.3 is 4.74 Å². The maximum Gasteiger partial charge on any atom is 0.158 e. The summed E-state index contributed by atoms with van der Waals surface area (Å²) >= 11 is 0. The van der Waals surface area contributed by atoms with Gasteiger partial charge in [0, 0.05) is 6.42 Å². The van der Waals surface area contributed by atoms with Gasteiger partial charge in [-0.05, 0) is 6.42 Å². The van der Waals surface area contributed by atoms with Crippen LogP contribution in [0.3, 0.4) is 0 Å². The smallest absolute Gasteiger partial charge is 0.158 e. The summed E-state index contributed by atoms with van der Waals surface area (Å²) in [7, 11) is 0. The molecule has 0 unspecified atom stereocenters. The van der Waals surface area contributed by atoms with Crippen molar-refractivity contribution in [1.82, 2.24) is 0 Å². The Morgan fingerprint density at radius 2 is 2.40 bits per heavy atom. The van der Waals surface area contributed by atoms with Gasteiger partial charge >= 0.3 is 0 Å². The van der Waals surface area contributed by atoms with Crippen LogP contribution in [0.15, 0.2) is 12.7 Å². The van der Waals surface area contributed by atoms with E-state index in [0.29, 0.717) is 13.0 Å². The highest BCUT2D eigenvalue weighted by atomic mass is 16.5. The van der Waals surface area contributed by atoms with Crippen molar-refractivity contribution in [2.24, 2.45) is 0 Å². The van der Waals surface area contributed by atoms with Gasteiger partial charge in [-0.1, -0.05) is 13.0 Å². The quantitative estimate of drug-likeness (QED) is 0.415. The Balaban J connectivity index is 3.03. The van der Waals surface area contributed by atoms with Gasteiger partial charge in [-0.15, -0.1) is 6.58 Å². The molecule has 0 spiro atoms. The third-order valence-corrected chi connectivity index (χ3v) is 1.12. The summed E-state index contributed by atoms with van der Waals surface area (Å²) < 4.78 is 5.01. The highest BCUT2D eigenvalue weighted by molar-refractivity contribution is 5.79. The lowest BCUT2D eigenvalue weighted by atomic mass is 10.3. The molecule has 0 saturated carbocycles. The van der Waals surface area contributed by atoms with Gasteiger partial charge in [0.1, 0.15) is 6.61 Å². The minimum Gasteiger partial charge on any atom is -0.373 e. The first kappa shape index (κ1) is 9.37. The van der Waals surface area contributed by atoms with E-state index in [0.717, 1.165) is 6.42 Å². The second-order valence-corrected chi connectivity index (χ2v) is 2.02. The molecule has 0 fully saturated rings. The fraction of sp³-hybridized carbons (Fsp3) is 0.625. The zero-order valence-corrected chi connectivity index (χ0v) is 6.43. The van der Waals surface area contributed by atoms with Crippen LogP contribution in [0.4, 0.5) is 0 Å². The molecule has 58 valence electrons. The highest BCUT2D eigenvalue weighted by Gasteiger charge is 1.95. The Hall–Kier alpha value is -0.630. The van der Waals surface area contributed by atoms with Crippen molar-refractivity contribution in [3.8, 4) is 0 Å². The molecular formula is C8H14O2. The van der Waals surface area contributed by atoms with E-state index in [1.165, 1.54) is 0 Å². The molecule has 0 aromatic rings. The monoisotopic (exact) mass is 142 g/mol. The van der Waals surface area contributed by atoms with Crippen molar-refractivity contribution in [2.45, 2.75) is 19.8 Å².